The van der Waals surface area contributed by atoms with Crippen LogP contribution in [0.15, 0.2) is 30.3 Å². The van der Waals surface area contributed by atoms with Gasteiger partial charge >= 0.3 is 0 Å². The van der Waals surface area contributed by atoms with E-state index in [-0.39, 0.29) is 24.7 Å². The van der Waals surface area contributed by atoms with Crippen molar-refractivity contribution in [2.45, 2.75) is 31.4 Å². The molecule has 18 heavy (non-hydrogen) atoms. The summed E-state index contributed by atoms with van der Waals surface area (Å²) in [6.45, 7) is 0.591. The fourth-order valence-corrected chi connectivity index (χ4v) is 2.14. The van der Waals surface area contributed by atoms with E-state index in [1.165, 1.54) is 0 Å². The smallest absolute Gasteiger partial charge is 0.249 e. The Morgan fingerprint density at radius 2 is 2.22 bits per heavy atom. The molecule has 1 fully saturated rings. The predicted octanol–water partition coefficient (Wildman–Crippen LogP) is 0.885. The van der Waals surface area contributed by atoms with E-state index >= 15 is 0 Å². The molecular formula is C14H19NO3. The van der Waals surface area contributed by atoms with Gasteiger partial charge < -0.3 is 15.2 Å². The first-order valence-electron chi connectivity index (χ1n) is 6.36. The van der Waals surface area contributed by atoms with Gasteiger partial charge in [0.15, 0.2) is 0 Å². The molecule has 1 aromatic carbocycles. The van der Waals surface area contributed by atoms with Crippen LogP contribution in [0.3, 0.4) is 0 Å². The van der Waals surface area contributed by atoms with Gasteiger partial charge in [-0.1, -0.05) is 30.3 Å². The summed E-state index contributed by atoms with van der Waals surface area (Å²) < 4.78 is 5.32. The first-order chi connectivity index (χ1) is 8.79. The second-order valence-corrected chi connectivity index (χ2v) is 4.58. The highest BCUT2D eigenvalue weighted by Gasteiger charge is 2.25. The third kappa shape index (κ3) is 3.55. The molecule has 1 aromatic rings. The number of hydrogen-bond donors (Lipinski definition) is 2. The van der Waals surface area contributed by atoms with E-state index in [0.717, 1.165) is 18.4 Å². The summed E-state index contributed by atoms with van der Waals surface area (Å²) in [5, 5.41) is 12.2. The van der Waals surface area contributed by atoms with Crippen LogP contribution < -0.4 is 5.32 Å². The zero-order valence-electron chi connectivity index (χ0n) is 10.3. The molecule has 0 bridgehead atoms. The molecule has 4 heteroatoms. The number of aliphatic hydroxyl groups is 1. The third-order valence-corrected chi connectivity index (χ3v) is 3.11. The molecule has 0 aromatic heterocycles. The Labute approximate surface area is 107 Å². The molecule has 2 rings (SSSR count). The zero-order chi connectivity index (χ0) is 12.8. The normalized spacial score (nSPS) is 20.6. The lowest BCUT2D eigenvalue weighted by Crippen LogP contribution is -2.44. The molecule has 1 saturated heterocycles. The Kier molecular flexibility index (Phi) is 4.73. The molecule has 0 aliphatic carbocycles. The minimum atomic E-state index is -0.338. The molecule has 4 nitrogen and oxygen atoms in total. The molecule has 2 N–H and O–H groups in total. The molecule has 1 aliphatic rings. The van der Waals surface area contributed by atoms with Crippen LogP contribution in [-0.2, 0) is 16.0 Å². The van der Waals surface area contributed by atoms with E-state index in [4.69, 9.17) is 4.74 Å². The monoisotopic (exact) mass is 249 g/mol. The average molecular weight is 249 g/mol. The van der Waals surface area contributed by atoms with Crippen molar-refractivity contribution in [2.75, 3.05) is 13.2 Å². The topological polar surface area (TPSA) is 58.6 Å². The van der Waals surface area contributed by atoms with Crippen LogP contribution in [0.25, 0.3) is 0 Å². The van der Waals surface area contributed by atoms with Crippen molar-refractivity contribution in [3.8, 4) is 0 Å². The van der Waals surface area contributed by atoms with E-state index in [2.05, 4.69) is 5.32 Å². The number of benzene rings is 1. The van der Waals surface area contributed by atoms with E-state index in [1.807, 2.05) is 30.3 Å². The SMILES string of the molecule is O=C(NC(CO)Cc1ccccc1)[C@H]1CCCO1. The predicted molar refractivity (Wildman–Crippen MR) is 68.1 cm³/mol. The third-order valence-electron chi connectivity index (χ3n) is 3.11. The van der Waals surface area contributed by atoms with E-state index in [0.29, 0.717) is 13.0 Å². The number of nitrogens with one attached hydrogen (secondary N) is 1. The van der Waals surface area contributed by atoms with Crippen molar-refractivity contribution in [2.24, 2.45) is 0 Å². The average Bonchev–Trinajstić information content (AvgIpc) is 2.93. The first kappa shape index (κ1) is 13.1. The molecule has 0 radical (unpaired) electrons. The van der Waals surface area contributed by atoms with Crippen LogP contribution in [0.4, 0.5) is 0 Å². The minimum absolute atomic E-state index is 0.0621. The van der Waals surface area contributed by atoms with Crippen LogP contribution in [0.5, 0.6) is 0 Å². The van der Waals surface area contributed by atoms with Gasteiger partial charge in [0, 0.05) is 6.61 Å². The molecule has 98 valence electrons. The van der Waals surface area contributed by atoms with Crippen molar-refractivity contribution in [3.05, 3.63) is 35.9 Å². The number of hydrogen-bond acceptors (Lipinski definition) is 3. The number of aliphatic hydroxyl groups excluding tert-OH is 1. The van der Waals surface area contributed by atoms with Gasteiger partial charge in [0.05, 0.1) is 12.6 Å². The lowest BCUT2D eigenvalue weighted by Gasteiger charge is -2.18. The maximum absolute atomic E-state index is 11.9. The molecule has 1 heterocycles. The minimum Gasteiger partial charge on any atom is -0.394 e. The van der Waals surface area contributed by atoms with Crippen molar-refractivity contribution in [1.29, 1.82) is 0 Å². The lowest BCUT2D eigenvalue weighted by molar-refractivity contribution is -0.131. The summed E-state index contributed by atoms with van der Waals surface area (Å²) in [7, 11) is 0. The van der Waals surface area contributed by atoms with Gasteiger partial charge in [0.25, 0.3) is 0 Å². The highest BCUT2D eigenvalue weighted by molar-refractivity contribution is 5.81. The zero-order valence-corrected chi connectivity index (χ0v) is 10.3. The van der Waals surface area contributed by atoms with Gasteiger partial charge in [-0.3, -0.25) is 4.79 Å². The molecule has 0 spiro atoms. The number of carbonyl (C=O) groups excluding carboxylic acids is 1. The Balaban J connectivity index is 1.87. The second kappa shape index (κ2) is 6.52. The molecule has 2 atom stereocenters. The van der Waals surface area contributed by atoms with Gasteiger partial charge in [-0.2, -0.15) is 0 Å². The maximum atomic E-state index is 11.9. The number of amides is 1. The standard InChI is InChI=1S/C14H19NO3/c16-10-12(9-11-5-2-1-3-6-11)15-14(17)13-7-4-8-18-13/h1-3,5-6,12-13,16H,4,7-10H2,(H,15,17)/t12?,13-/m1/s1. The Bertz CT molecular complexity index is 374. The first-order valence-corrected chi connectivity index (χ1v) is 6.36. The Hall–Kier alpha value is -1.39. The molecule has 1 unspecified atom stereocenters. The number of ether oxygens (including phenoxy) is 1. The summed E-state index contributed by atoms with van der Waals surface area (Å²) in [6, 6.07) is 9.57. The van der Waals surface area contributed by atoms with E-state index in [9.17, 15) is 9.90 Å². The number of rotatable bonds is 5. The molecule has 0 saturated carbocycles. The van der Waals surface area contributed by atoms with Crippen molar-refractivity contribution < 1.29 is 14.6 Å². The fourth-order valence-electron chi connectivity index (χ4n) is 2.14. The van der Waals surface area contributed by atoms with Gasteiger partial charge in [-0.05, 0) is 24.8 Å². The van der Waals surface area contributed by atoms with Crippen LogP contribution in [-0.4, -0.2) is 36.4 Å². The van der Waals surface area contributed by atoms with E-state index < -0.39 is 0 Å². The molecule has 1 aliphatic heterocycles. The Morgan fingerprint density at radius 3 is 2.83 bits per heavy atom. The van der Waals surface area contributed by atoms with Gasteiger partial charge in [0.1, 0.15) is 6.10 Å². The molecular weight excluding hydrogens is 230 g/mol. The highest BCUT2D eigenvalue weighted by Crippen LogP contribution is 2.12. The van der Waals surface area contributed by atoms with Crippen molar-refractivity contribution in [1.82, 2.24) is 5.32 Å². The maximum Gasteiger partial charge on any atom is 0.249 e. The van der Waals surface area contributed by atoms with Crippen LogP contribution in [0.1, 0.15) is 18.4 Å². The van der Waals surface area contributed by atoms with E-state index in [1.54, 1.807) is 0 Å². The van der Waals surface area contributed by atoms with Crippen molar-refractivity contribution >= 4 is 5.91 Å². The summed E-state index contributed by atoms with van der Waals surface area (Å²) in [4.78, 5) is 11.9. The van der Waals surface area contributed by atoms with Crippen LogP contribution in [0.2, 0.25) is 0 Å². The summed E-state index contributed by atoms with van der Waals surface area (Å²) >= 11 is 0. The van der Waals surface area contributed by atoms with Gasteiger partial charge in [0.2, 0.25) is 5.91 Å². The molecule has 1 amide bonds. The summed E-state index contributed by atoms with van der Waals surface area (Å²) in [5.41, 5.74) is 1.10. The Morgan fingerprint density at radius 1 is 1.44 bits per heavy atom. The summed E-state index contributed by atoms with van der Waals surface area (Å²) in [5.74, 6) is -0.109. The lowest BCUT2D eigenvalue weighted by atomic mass is 10.1. The number of carbonyl (C=O) groups is 1. The highest BCUT2D eigenvalue weighted by atomic mass is 16.5. The van der Waals surface area contributed by atoms with Crippen LogP contribution >= 0.6 is 0 Å². The fraction of sp³-hybridized carbons (Fsp3) is 0.500. The van der Waals surface area contributed by atoms with Crippen LogP contribution in [0, 0.1) is 0 Å². The van der Waals surface area contributed by atoms with Gasteiger partial charge in [-0.25, -0.2) is 0 Å². The quantitative estimate of drug-likeness (QED) is 0.814. The van der Waals surface area contributed by atoms with Crippen molar-refractivity contribution in [3.63, 3.8) is 0 Å². The summed E-state index contributed by atoms with van der Waals surface area (Å²) in [6.07, 6.45) is 2.00. The second-order valence-electron chi connectivity index (χ2n) is 4.58. The van der Waals surface area contributed by atoms with Gasteiger partial charge in [-0.15, -0.1) is 0 Å². The largest absolute Gasteiger partial charge is 0.394 e.